The van der Waals surface area contributed by atoms with Crippen LogP contribution < -0.4 is 10.1 Å². The largest absolute Gasteiger partial charge is 0.439 e. The zero-order chi connectivity index (χ0) is 18.9. The van der Waals surface area contributed by atoms with Crippen molar-refractivity contribution in [2.75, 3.05) is 32.0 Å². The fraction of sp³-hybridized carbons (Fsp3) is 0.316. The van der Waals surface area contributed by atoms with E-state index >= 15 is 0 Å². The minimum Gasteiger partial charge on any atom is -0.439 e. The number of urea groups is 1. The number of hydrogen-bond donors (Lipinski definition) is 1. The Morgan fingerprint density at radius 2 is 2.04 bits per heavy atom. The summed E-state index contributed by atoms with van der Waals surface area (Å²) in [5, 5.41) is 2.82. The van der Waals surface area contributed by atoms with E-state index in [1.54, 1.807) is 30.3 Å². The number of nitrogens with zero attached hydrogens (tertiary/aromatic N) is 3. The van der Waals surface area contributed by atoms with Gasteiger partial charge in [-0.25, -0.2) is 14.6 Å². The first kappa shape index (κ1) is 17.1. The standard InChI is InChI=1S/C19H20N4O4/c1-22-12-19(27-18(22)25)9-10-23(13-19)17(24)21-14-7-8-16(20-11-14)26-15-5-3-2-4-6-15/h2-8,11H,9-10,12-13H2,1H3,(H,21,24). The second kappa shape index (κ2) is 6.79. The Hall–Kier alpha value is -3.29. The molecule has 2 aliphatic heterocycles. The third-order valence-corrected chi connectivity index (χ3v) is 4.70. The lowest BCUT2D eigenvalue weighted by molar-refractivity contribution is 0.0663. The van der Waals surface area contributed by atoms with E-state index < -0.39 is 5.60 Å². The fourth-order valence-electron chi connectivity index (χ4n) is 3.35. The van der Waals surface area contributed by atoms with Gasteiger partial charge in [0.15, 0.2) is 5.60 Å². The van der Waals surface area contributed by atoms with Crippen LogP contribution in [0.25, 0.3) is 0 Å². The normalized spacial score (nSPS) is 21.4. The lowest BCUT2D eigenvalue weighted by Crippen LogP contribution is -2.40. The van der Waals surface area contributed by atoms with Crippen LogP contribution in [0.15, 0.2) is 48.7 Å². The van der Waals surface area contributed by atoms with Crippen molar-refractivity contribution in [3.8, 4) is 11.6 Å². The summed E-state index contributed by atoms with van der Waals surface area (Å²) in [6.07, 6.45) is 1.85. The number of aromatic nitrogens is 1. The second-order valence-electron chi connectivity index (χ2n) is 6.81. The van der Waals surface area contributed by atoms with Crippen molar-refractivity contribution in [2.45, 2.75) is 12.0 Å². The highest BCUT2D eigenvalue weighted by atomic mass is 16.6. The summed E-state index contributed by atoms with van der Waals surface area (Å²) in [6, 6.07) is 12.5. The van der Waals surface area contributed by atoms with Gasteiger partial charge in [0, 0.05) is 26.1 Å². The number of nitrogens with one attached hydrogen (secondary N) is 1. The van der Waals surface area contributed by atoms with Gasteiger partial charge in [0.25, 0.3) is 0 Å². The van der Waals surface area contributed by atoms with Crippen LogP contribution in [0.4, 0.5) is 15.3 Å². The number of likely N-dealkylation sites (N-methyl/N-ethyl adjacent to an activating group) is 1. The number of carbonyl (C=O) groups excluding carboxylic acids is 2. The molecule has 3 amide bonds. The Morgan fingerprint density at radius 1 is 1.22 bits per heavy atom. The van der Waals surface area contributed by atoms with Gasteiger partial charge in [0.2, 0.25) is 5.88 Å². The smallest absolute Gasteiger partial charge is 0.410 e. The molecule has 2 aliphatic rings. The zero-order valence-corrected chi connectivity index (χ0v) is 14.9. The molecule has 0 saturated carbocycles. The molecule has 8 heteroatoms. The fourth-order valence-corrected chi connectivity index (χ4v) is 3.35. The Labute approximate surface area is 156 Å². The number of ether oxygens (including phenoxy) is 2. The predicted molar refractivity (Wildman–Crippen MR) is 97.8 cm³/mol. The molecular weight excluding hydrogens is 348 g/mol. The van der Waals surface area contributed by atoms with Gasteiger partial charge in [0.1, 0.15) is 5.75 Å². The van der Waals surface area contributed by atoms with Crippen LogP contribution in [-0.4, -0.2) is 59.2 Å². The number of hydrogen-bond acceptors (Lipinski definition) is 5. The van der Waals surface area contributed by atoms with E-state index in [1.165, 1.54) is 4.90 Å². The molecule has 1 aromatic carbocycles. The first-order valence-electron chi connectivity index (χ1n) is 8.72. The SMILES string of the molecule is CN1CC2(CCN(C(=O)Nc3ccc(Oc4ccccc4)nc3)C2)OC1=O. The molecule has 2 aromatic rings. The second-order valence-corrected chi connectivity index (χ2v) is 6.81. The van der Waals surface area contributed by atoms with Gasteiger partial charge in [-0.15, -0.1) is 0 Å². The highest BCUT2D eigenvalue weighted by molar-refractivity contribution is 5.89. The minimum atomic E-state index is -0.588. The minimum absolute atomic E-state index is 0.240. The lowest BCUT2D eigenvalue weighted by atomic mass is 10.0. The number of carbonyl (C=O) groups is 2. The molecule has 0 bridgehead atoms. The van der Waals surface area contributed by atoms with Crippen LogP contribution in [0, 0.1) is 0 Å². The Balaban J connectivity index is 1.34. The third kappa shape index (κ3) is 3.64. The zero-order valence-electron chi connectivity index (χ0n) is 14.9. The molecule has 0 aliphatic carbocycles. The van der Waals surface area contributed by atoms with Crippen molar-refractivity contribution in [2.24, 2.45) is 0 Å². The number of rotatable bonds is 3. The number of para-hydroxylation sites is 1. The van der Waals surface area contributed by atoms with Crippen LogP contribution in [0.5, 0.6) is 11.6 Å². The maximum Gasteiger partial charge on any atom is 0.410 e. The van der Waals surface area contributed by atoms with E-state index in [-0.39, 0.29) is 12.1 Å². The average molecular weight is 368 g/mol. The van der Waals surface area contributed by atoms with E-state index in [1.807, 2.05) is 30.3 Å². The number of likely N-dealkylation sites (tertiary alicyclic amines) is 1. The highest BCUT2D eigenvalue weighted by Gasteiger charge is 2.49. The summed E-state index contributed by atoms with van der Waals surface area (Å²) in [5.41, 5.74) is -0.0173. The molecule has 27 heavy (non-hydrogen) atoms. The maximum atomic E-state index is 12.5. The molecule has 1 aromatic heterocycles. The predicted octanol–water partition coefficient (Wildman–Crippen LogP) is 2.93. The van der Waals surface area contributed by atoms with E-state index in [2.05, 4.69) is 10.3 Å². The number of benzene rings is 1. The van der Waals surface area contributed by atoms with Crippen molar-refractivity contribution in [3.05, 3.63) is 48.7 Å². The van der Waals surface area contributed by atoms with Gasteiger partial charge in [0.05, 0.1) is 25.0 Å². The van der Waals surface area contributed by atoms with Gasteiger partial charge in [-0.05, 0) is 18.2 Å². The van der Waals surface area contributed by atoms with Crippen molar-refractivity contribution >= 4 is 17.8 Å². The Morgan fingerprint density at radius 3 is 2.70 bits per heavy atom. The monoisotopic (exact) mass is 368 g/mol. The summed E-state index contributed by atoms with van der Waals surface area (Å²) in [5.74, 6) is 1.14. The summed E-state index contributed by atoms with van der Waals surface area (Å²) in [7, 11) is 1.70. The molecule has 1 spiro atoms. The molecule has 2 fully saturated rings. The quantitative estimate of drug-likeness (QED) is 0.900. The summed E-state index contributed by atoms with van der Waals surface area (Å²) in [4.78, 5) is 31.5. The third-order valence-electron chi connectivity index (χ3n) is 4.70. The van der Waals surface area contributed by atoms with Crippen LogP contribution in [0.2, 0.25) is 0 Å². The first-order chi connectivity index (χ1) is 13.0. The lowest BCUT2D eigenvalue weighted by Gasteiger charge is -2.22. The molecule has 1 N–H and O–H groups in total. The Kier molecular flexibility index (Phi) is 4.31. The molecule has 8 nitrogen and oxygen atoms in total. The molecule has 4 rings (SSSR count). The van der Waals surface area contributed by atoms with Crippen molar-refractivity contribution < 1.29 is 19.1 Å². The van der Waals surface area contributed by atoms with Crippen LogP contribution in [0.3, 0.4) is 0 Å². The van der Waals surface area contributed by atoms with Gasteiger partial charge in [-0.3, -0.25) is 0 Å². The summed E-state index contributed by atoms with van der Waals surface area (Å²) >= 11 is 0. The van der Waals surface area contributed by atoms with E-state index in [0.717, 1.165) is 0 Å². The summed E-state index contributed by atoms with van der Waals surface area (Å²) < 4.78 is 11.1. The van der Waals surface area contributed by atoms with Crippen molar-refractivity contribution in [3.63, 3.8) is 0 Å². The van der Waals surface area contributed by atoms with Crippen LogP contribution in [0.1, 0.15) is 6.42 Å². The molecule has 2 saturated heterocycles. The number of anilines is 1. The van der Waals surface area contributed by atoms with E-state index in [4.69, 9.17) is 9.47 Å². The van der Waals surface area contributed by atoms with Crippen LogP contribution >= 0.6 is 0 Å². The number of pyridine rings is 1. The maximum absolute atomic E-state index is 12.5. The van der Waals surface area contributed by atoms with E-state index in [0.29, 0.717) is 43.4 Å². The first-order valence-corrected chi connectivity index (χ1v) is 8.72. The molecule has 1 atom stereocenters. The summed E-state index contributed by atoms with van der Waals surface area (Å²) in [6.45, 7) is 1.43. The van der Waals surface area contributed by atoms with Crippen molar-refractivity contribution in [1.82, 2.24) is 14.8 Å². The molecule has 1 unspecified atom stereocenters. The Bertz CT molecular complexity index is 843. The number of amides is 3. The van der Waals surface area contributed by atoms with Gasteiger partial charge < -0.3 is 24.6 Å². The van der Waals surface area contributed by atoms with Gasteiger partial charge in [-0.1, -0.05) is 18.2 Å². The highest BCUT2D eigenvalue weighted by Crippen LogP contribution is 2.32. The van der Waals surface area contributed by atoms with Crippen LogP contribution in [-0.2, 0) is 4.74 Å². The average Bonchev–Trinajstić information content (AvgIpc) is 3.20. The molecule has 140 valence electrons. The topological polar surface area (TPSA) is 84.0 Å². The van der Waals surface area contributed by atoms with Crippen molar-refractivity contribution in [1.29, 1.82) is 0 Å². The van der Waals surface area contributed by atoms with Gasteiger partial charge >= 0.3 is 12.1 Å². The molecular formula is C19H20N4O4. The molecule has 0 radical (unpaired) electrons. The van der Waals surface area contributed by atoms with E-state index in [9.17, 15) is 9.59 Å². The van der Waals surface area contributed by atoms with Gasteiger partial charge in [-0.2, -0.15) is 0 Å². The molecule has 3 heterocycles.